The van der Waals surface area contributed by atoms with Crippen LogP contribution in [0.15, 0.2) is 22.7 Å². The van der Waals surface area contributed by atoms with Gasteiger partial charge in [-0.25, -0.2) is 0 Å². The predicted octanol–water partition coefficient (Wildman–Crippen LogP) is 3.57. The first-order valence-corrected chi connectivity index (χ1v) is 6.96. The minimum absolute atomic E-state index is 0.218. The molecular formula is C13H15BrF3NO2. The fourth-order valence-corrected chi connectivity index (χ4v) is 2.71. The molecule has 3 nitrogen and oxygen atoms in total. The van der Waals surface area contributed by atoms with E-state index >= 15 is 0 Å². The molecule has 112 valence electrons. The fraction of sp³-hybridized carbons (Fsp3) is 0.538. The molecule has 0 spiro atoms. The monoisotopic (exact) mass is 353 g/mol. The summed E-state index contributed by atoms with van der Waals surface area (Å²) in [5.74, 6) is -0.218. The lowest BCUT2D eigenvalue weighted by atomic mass is 10.2. The Hall–Kier alpha value is -0.790. The topological polar surface area (TPSA) is 21.7 Å². The second-order valence-corrected chi connectivity index (χ2v) is 5.54. The van der Waals surface area contributed by atoms with E-state index in [1.165, 1.54) is 12.1 Å². The van der Waals surface area contributed by atoms with Crippen LogP contribution in [-0.4, -0.2) is 37.6 Å². The number of hydrogen-bond acceptors (Lipinski definition) is 3. The van der Waals surface area contributed by atoms with Crippen LogP contribution < -0.4 is 4.74 Å². The standard InChI is InChI=1S/C13H15BrF3NO2/c1-19-11-4-5-18(8-11)7-9-2-3-10(6-12(9)14)20-13(15,16)17/h2-3,6,11H,4-5,7-8H2,1H3. The molecule has 0 aromatic heterocycles. The van der Waals surface area contributed by atoms with Gasteiger partial charge in [-0.05, 0) is 24.1 Å². The number of hydrogen-bond donors (Lipinski definition) is 0. The van der Waals surface area contributed by atoms with E-state index < -0.39 is 6.36 Å². The normalized spacial score (nSPS) is 20.4. The Labute approximate surface area is 123 Å². The number of methoxy groups -OCH3 is 1. The molecule has 1 aromatic rings. The van der Waals surface area contributed by atoms with Gasteiger partial charge in [0.2, 0.25) is 0 Å². The summed E-state index contributed by atoms with van der Waals surface area (Å²) in [6, 6.07) is 4.31. The van der Waals surface area contributed by atoms with Crippen LogP contribution in [0.3, 0.4) is 0 Å². The van der Waals surface area contributed by atoms with E-state index in [4.69, 9.17) is 4.74 Å². The van der Waals surface area contributed by atoms with Crippen LogP contribution in [-0.2, 0) is 11.3 Å². The van der Waals surface area contributed by atoms with Crippen molar-refractivity contribution in [1.82, 2.24) is 4.90 Å². The lowest BCUT2D eigenvalue weighted by Gasteiger charge is -2.17. The van der Waals surface area contributed by atoms with E-state index in [1.807, 2.05) is 0 Å². The SMILES string of the molecule is COC1CCN(Cc2ccc(OC(F)(F)F)cc2Br)C1. The molecule has 1 aliphatic heterocycles. The fourth-order valence-electron chi connectivity index (χ4n) is 2.23. The van der Waals surface area contributed by atoms with Crippen molar-refractivity contribution in [2.45, 2.75) is 25.4 Å². The van der Waals surface area contributed by atoms with E-state index in [-0.39, 0.29) is 11.9 Å². The van der Waals surface area contributed by atoms with Gasteiger partial charge in [0, 0.05) is 31.2 Å². The maximum Gasteiger partial charge on any atom is 0.573 e. The molecule has 1 heterocycles. The molecule has 0 bridgehead atoms. The van der Waals surface area contributed by atoms with Crippen LogP contribution in [0.25, 0.3) is 0 Å². The summed E-state index contributed by atoms with van der Waals surface area (Å²) in [5, 5.41) is 0. The molecule has 1 aliphatic rings. The van der Waals surface area contributed by atoms with E-state index in [2.05, 4.69) is 25.6 Å². The highest BCUT2D eigenvalue weighted by Crippen LogP contribution is 2.29. The van der Waals surface area contributed by atoms with Gasteiger partial charge in [-0.15, -0.1) is 13.2 Å². The first kappa shape index (κ1) is 15.6. The Bertz CT molecular complexity index is 467. The molecule has 1 saturated heterocycles. The Morgan fingerprint density at radius 1 is 1.40 bits per heavy atom. The number of benzene rings is 1. The average molecular weight is 354 g/mol. The van der Waals surface area contributed by atoms with Crippen molar-refractivity contribution in [3.05, 3.63) is 28.2 Å². The van der Waals surface area contributed by atoms with Crippen LogP contribution >= 0.6 is 15.9 Å². The Balaban J connectivity index is 1.99. The lowest BCUT2D eigenvalue weighted by Crippen LogP contribution is -2.22. The molecule has 7 heteroatoms. The molecule has 0 aliphatic carbocycles. The minimum atomic E-state index is -4.67. The van der Waals surface area contributed by atoms with Gasteiger partial charge in [0.05, 0.1) is 6.10 Å². The summed E-state index contributed by atoms with van der Waals surface area (Å²) in [4.78, 5) is 2.21. The zero-order chi connectivity index (χ0) is 14.8. The van der Waals surface area contributed by atoms with Gasteiger partial charge in [0.1, 0.15) is 5.75 Å². The van der Waals surface area contributed by atoms with E-state index in [1.54, 1.807) is 13.2 Å². The van der Waals surface area contributed by atoms with Crippen LogP contribution in [0, 0.1) is 0 Å². The maximum absolute atomic E-state index is 12.1. The summed E-state index contributed by atoms with van der Waals surface area (Å²) in [5.41, 5.74) is 0.927. The third-order valence-electron chi connectivity index (χ3n) is 3.21. The van der Waals surface area contributed by atoms with Crippen molar-refractivity contribution in [3.8, 4) is 5.75 Å². The van der Waals surface area contributed by atoms with Gasteiger partial charge >= 0.3 is 6.36 Å². The molecule has 1 fully saturated rings. The molecule has 0 radical (unpaired) electrons. The highest BCUT2D eigenvalue weighted by molar-refractivity contribution is 9.10. The third-order valence-corrected chi connectivity index (χ3v) is 3.95. The maximum atomic E-state index is 12.1. The Kier molecular flexibility index (Phi) is 4.93. The quantitative estimate of drug-likeness (QED) is 0.825. The Morgan fingerprint density at radius 2 is 2.15 bits per heavy atom. The second kappa shape index (κ2) is 6.32. The number of ether oxygens (including phenoxy) is 2. The number of rotatable bonds is 4. The number of alkyl halides is 3. The zero-order valence-electron chi connectivity index (χ0n) is 10.9. The van der Waals surface area contributed by atoms with Crippen LogP contribution in [0.2, 0.25) is 0 Å². The van der Waals surface area contributed by atoms with Crippen molar-refractivity contribution in [1.29, 1.82) is 0 Å². The molecular weight excluding hydrogens is 339 g/mol. The molecule has 0 amide bonds. The zero-order valence-corrected chi connectivity index (χ0v) is 12.5. The van der Waals surface area contributed by atoms with Gasteiger partial charge in [-0.1, -0.05) is 22.0 Å². The molecule has 20 heavy (non-hydrogen) atoms. The average Bonchev–Trinajstić information content (AvgIpc) is 2.78. The molecule has 0 N–H and O–H groups in total. The van der Waals surface area contributed by atoms with Crippen LogP contribution in [0.5, 0.6) is 5.75 Å². The smallest absolute Gasteiger partial charge is 0.406 e. The molecule has 1 aromatic carbocycles. The van der Waals surface area contributed by atoms with Gasteiger partial charge in [0.25, 0.3) is 0 Å². The lowest BCUT2D eigenvalue weighted by molar-refractivity contribution is -0.274. The van der Waals surface area contributed by atoms with Gasteiger partial charge in [-0.2, -0.15) is 0 Å². The number of halogens is 4. The van der Waals surface area contributed by atoms with Gasteiger partial charge in [0.15, 0.2) is 0 Å². The Morgan fingerprint density at radius 3 is 2.70 bits per heavy atom. The van der Waals surface area contributed by atoms with Crippen LogP contribution in [0.4, 0.5) is 13.2 Å². The minimum Gasteiger partial charge on any atom is -0.406 e. The van der Waals surface area contributed by atoms with Crippen LogP contribution in [0.1, 0.15) is 12.0 Å². The predicted molar refractivity (Wildman–Crippen MR) is 71.5 cm³/mol. The highest BCUT2D eigenvalue weighted by atomic mass is 79.9. The summed E-state index contributed by atoms with van der Waals surface area (Å²) in [7, 11) is 1.69. The largest absolute Gasteiger partial charge is 0.573 e. The van der Waals surface area contributed by atoms with Crippen molar-refractivity contribution in [2.24, 2.45) is 0 Å². The summed E-state index contributed by atoms with van der Waals surface area (Å²) < 4.78 is 46.1. The van der Waals surface area contributed by atoms with Gasteiger partial charge in [-0.3, -0.25) is 4.90 Å². The number of likely N-dealkylation sites (tertiary alicyclic amines) is 1. The molecule has 1 unspecified atom stereocenters. The molecule has 2 rings (SSSR count). The van der Waals surface area contributed by atoms with Crippen molar-refractivity contribution >= 4 is 15.9 Å². The summed E-state index contributed by atoms with van der Waals surface area (Å²) >= 11 is 3.29. The summed E-state index contributed by atoms with van der Waals surface area (Å²) in [6.45, 7) is 2.43. The first-order valence-electron chi connectivity index (χ1n) is 6.16. The molecule has 1 atom stereocenters. The highest BCUT2D eigenvalue weighted by Gasteiger charge is 2.31. The van der Waals surface area contributed by atoms with E-state index in [9.17, 15) is 13.2 Å². The van der Waals surface area contributed by atoms with Crippen molar-refractivity contribution < 1.29 is 22.6 Å². The third kappa shape index (κ3) is 4.36. The van der Waals surface area contributed by atoms with E-state index in [0.717, 1.165) is 25.1 Å². The van der Waals surface area contributed by atoms with E-state index in [0.29, 0.717) is 11.0 Å². The number of nitrogens with zero attached hydrogens (tertiary/aromatic N) is 1. The van der Waals surface area contributed by atoms with Gasteiger partial charge < -0.3 is 9.47 Å². The van der Waals surface area contributed by atoms with Crippen molar-refractivity contribution in [3.63, 3.8) is 0 Å². The second-order valence-electron chi connectivity index (χ2n) is 4.68. The first-order chi connectivity index (χ1) is 9.37. The van der Waals surface area contributed by atoms with Crippen molar-refractivity contribution in [2.75, 3.05) is 20.2 Å². The summed E-state index contributed by atoms with van der Waals surface area (Å²) in [6.07, 6.45) is -3.45. The molecule has 0 saturated carbocycles.